The van der Waals surface area contributed by atoms with Crippen LogP contribution in [0.2, 0.25) is 0 Å². The number of fused-ring (bicyclic) bond motifs is 1. The number of halogens is 3. The summed E-state index contributed by atoms with van der Waals surface area (Å²) in [5.74, 6) is -0.742. The minimum Gasteiger partial charge on any atom is -0.325 e. The zero-order valence-electron chi connectivity index (χ0n) is 12.9. The molecule has 25 heavy (non-hydrogen) atoms. The monoisotopic (exact) mass is 370 g/mol. The van der Waals surface area contributed by atoms with E-state index >= 15 is 0 Å². The van der Waals surface area contributed by atoms with E-state index in [1.807, 2.05) is 0 Å². The van der Waals surface area contributed by atoms with Crippen molar-refractivity contribution in [2.24, 2.45) is 0 Å². The average Bonchev–Trinajstić information content (AvgIpc) is 2.81. The first-order valence-electron chi connectivity index (χ1n) is 7.23. The molecule has 0 radical (unpaired) electrons. The number of hydrogen-bond acceptors (Lipinski definition) is 3. The Hall–Kier alpha value is -2.55. The number of nitrogens with one attached hydrogen (secondary N) is 2. The Labute approximate surface area is 141 Å². The summed E-state index contributed by atoms with van der Waals surface area (Å²) in [6, 6.07) is 8.01. The van der Waals surface area contributed by atoms with Crippen LogP contribution in [-0.4, -0.2) is 14.3 Å². The van der Waals surface area contributed by atoms with Crippen LogP contribution in [0, 0.1) is 0 Å². The number of alkyl halides is 3. The predicted molar refractivity (Wildman–Crippen MR) is 85.7 cm³/mol. The highest BCUT2D eigenvalue weighted by Crippen LogP contribution is 2.35. The third kappa shape index (κ3) is 3.32. The molecule has 0 aromatic heterocycles. The first-order chi connectivity index (χ1) is 11.6. The third-order valence-corrected chi connectivity index (χ3v) is 5.27. The van der Waals surface area contributed by atoms with Gasteiger partial charge in [0.25, 0.3) is 10.0 Å². The van der Waals surface area contributed by atoms with Crippen LogP contribution >= 0.6 is 0 Å². The molecule has 0 spiro atoms. The molecule has 1 amide bonds. The minimum absolute atomic E-state index is 0.132. The maximum Gasteiger partial charge on any atom is 0.416 e. The van der Waals surface area contributed by atoms with Crippen molar-refractivity contribution in [1.82, 2.24) is 0 Å². The lowest BCUT2D eigenvalue weighted by Crippen LogP contribution is -2.14. The number of carbonyl (C=O) groups excluding carboxylic acids is 1. The maximum absolute atomic E-state index is 12.7. The SMILES string of the molecule is CC1C(=O)Nc2ccc(S(=O)(=O)Nc3cccc(C(F)(F)F)c3)cc21. The van der Waals surface area contributed by atoms with Gasteiger partial charge >= 0.3 is 6.18 Å². The highest BCUT2D eigenvalue weighted by Gasteiger charge is 2.31. The molecule has 2 N–H and O–H groups in total. The van der Waals surface area contributed by atoms with Gasteiger partial charge in [0.05, 0.1) is 16.4 Å². The Morgan fingerprint density at radius 2 is 1.84 bits per heavy atom. The number of amides is 1. The van der Waals surface area contributed by atoms with E-state index in [4.69, 9.17) is 0 Å². The number of rotatable bonds is 3. The van der Waals surface area contributed by atoms with Crippen LogP contribution in [0.25, 0.3) is 0 Å². The second-order valence-corrected chi connectivity index (χ2v) is 7.33. The Bertz CT molecular complexity index is 955. The van der Waals surface area contributed by atoms with Gasteiger partial charge in [0.1, 0.15) is 0 Å². The molecule has 1 unspecified atom stereocenters. The number of hydrogen-bond donors (Lipinski definition) is 2. The molecule has 2 aromatic rings. The van der Waals surface area contributed by atoms with E-state index in [2.05, 4.69) is 10.0 Å². The van der Waals surface area contributed by atoms with E-state index in [9.17, 15) is 26.4 Å². The molecule has 3 rings (SSSR count). The number of benzene rings is 2. The van der Waals surface area contributed by atoms with E-state index in [-0.39, 0.29) is 16.5 Å². The number of sulfonamides is 1. The molecule has 9 heteroatoms. The van der Waals surface area contributed by atoms with Gasteiger partial charge in [-0.1, -0.05) is 6.07 Å². The molecule has 0 saturated heterocycles. The van der Waals surface area contributed by atoms with Crippen LogP contribution in [0.3, 0.4) is 0 Å². The van der Waals surface area contributed by atoms with Gasteiger partial charge < -0.3 is 5.32 Å². The molecule has 132 valence electrons. The third-order valence-electron chi connectivity index (χ3n) is 3.89. The first kappa shape index (κ1) is 17.3. The molecule has 2 aromatic carbocycles. The van der Waals surface area contributed by atoms with Gasteiger partial charge in [0.15, 0.2) is 0 Å². The fourth-order valence-corrected chi connectivity index (χ4v) is 3.62. The van der Waals surface area contributed by atoms with Crippen LogP contribution in [0.1, 0.15) is 24.0 Å². The Balaban J connectivity index is 1.93. The summed E-state index contributed by atoms with van der Waals surface area (Å²) in [4.78, 5) is 11.5. The Morgan fingerprint density at radius 3 is 2.52 bits per heavy atom. The van der Waals surface area contributed by atoms with Gasteiger partial charge in [0, 0.05) is 11.4 Å². The molecule has 0 aliphatic carbocycles. The summed E-state index contributed by atoms with van der Waals surface area (Å²) in [7, 11) is -4.09. The van der Waals surface area contributed by atoms with Crippen LogP contribution in [-0.2, 0) is 21.0 Å². The zero-order valence-corrected chi connectivity index (χ0v) is 13.7. The van der Waals surface area contributed by atoms with Gasteiger partial charge in [-0.05, 0) is 48.9 Å². The van der Waals surface area contributed by atoms with Crippen LogP contribution in [0.4, 0.5) is 24.5 Å². The highest BCUT2D eigenvalue weighted by atomic mass is 32.2. The van der Waals surface area contributed by atoms with Crippen molar-refractivity contribution in [2.75, 3.05) is 10.0 Å². The molecular formula is C16H13F3N2O3S. The van der Waals surface area contributed by atoms with Crippen molar-refractivity contribution < 1.29 is 26.4 Å². The van der Waals surface area contributed by atoms with Gasteiger partial charge in [-0.25, -0.2) is 8.42 Å². The summed E-state index contributed by atoms with van der Waals surface area (Å²) in [5, 5.41) is 2.62. The molecule has 0 fully saturated rings. The maximum atomic E-state index is 12.7. The van der Waals surface area contributed by atoms with Crippen molar-refractivity contribution in [3.05, 3.63) is 53.6 Å². The van der Waals surface area contributed by atoms with E-state index in [0.717, 1.165) is 18.2 Å². The topological polar surface area (TPSA) is 75.3 Å². The molecule has 1 atom stereocenters. The molecule has 0 bridgehead atoms. The standard InChI is InChI=1S/C16H13F3N2O3S/c1-9-13-8-12(5-6-14(13)20-15(9)22)25(23,24)21-11-4-2-3-10(7-11)16(17,18)19/h2-9,21H,1H3,(H,20,22). The molecule has 0 saturated carbocycles. The summed E-state index contributed by atoms with van der Waals surface area (Å²) in [6.45, 7) is 1.64. The summed E-state index contributed by atoms with van der Waals surface area (Å²) < 4.78 is 65.2. The van der Waals surface area contributed by atoms with Crippen molar-refractivity contribution in [2.45, 2.75) is 23.9 Å². The van der Waals surface area contributed by atoms with Gasteiger partial charge in [-0.2, -0.15) is 13.2 Å². The van der Waals surface area contributed by atoms with Crippen LogP contribution in [0.15, 0.2) is 47.4 Å². The molecule has 1 aliphatic heterocycles. The lowest BCUT2D eigenvalue weighted by atomic mass is 10.0. The second kappa shape index (κ2) is 5.76. The quantitative estimate of drug-likeness (QED) is 0.867. The van der Waals surface area contributed by atoms with E-state index < -0.39 is 27.7 Å². The Kier molecular flexibility index (Phi) is 3.98. The van der Waals surface area contributed by atoms with Crippen LogP contribution < -0.4 is 10.0 Å². The van der Waals surface area contributed by atoms with Gasteiger partial charge in [-0.15, -0.1) is 0 Å². The molecular weight excluding hydrogens is 357 g/mol. The van der Waals surface area contributed by atoms with Gasteiger partial charge in [0.2, 0.25) is 5.91 Å². The van der Waals surface area contributed by atoms with E-state index in [1.54, 1.807) is 6.92 Å². The minimum atomic E-state index is -4.57. The highest BCUT2D eigenvalue weighted by molar-refractivity contribution is 7.92. The van der Waals surface area contributed by atoms with Crippen molar-refractivity contribution in [3.8, 4) is 0 Å². The lowest BCUT2D eigenvalue weighted by Gasteiger charge is -2.12. The smallest absolute Gasteiger partial charge is 0.325 e. The predicted octanol–water partition coefficient (Wildman–Crippen LogP) is 3.56. The molecule has 5 nitrogen and oxygen atoms in total. The zero-order chi connectivity index (χ0) is 18.4. The van der Waals surface area contributed by atoms with Crippen LogP contribution in [0.5, 0.6) is 0 Å². The van der Waals surface area contributed by atoms with E-state index in [0.29, 0.717) is 11.3 Å². The van der Waals surface area contributed by atoms with Crippen molar-refractivity contribution in [1.29, 1.82) is 0 Å². The van der Waals surface area contributed by atoms with E-state index in [1.165, 1.54) is 24.3 Å². The van der Waals surface area contributed by atoms with Crippen molar-refractivity contribution in [3.63, 3.8) is 0 Å². The fraction of sp³-hybridized carbons (Fsp3) is 0.188. The van der Waals surface area contributed by atoms with Gasteiger partial charge in [-0.3, -0.25) is 9.52 Å². The second-order valence-electron chi connectivity index (χ2n) is 5.64. The first-order valence-corrected chi connectivity index (χ1v) is 8.71. The summed E-state index contributed by atoms with van der Waals surface area (Å²) in [5.41, 5.74) is -0.102. The largest absolute Gasteiger partial charge is 0.416 e. The Morgan fingerprint density at radius 1 is 1.12 bits per heavy atom. The van der Waals surface area contributed by atoms with Crippen molar-refractivity contribution >= 4 is 27.3 Å². The lowest BCUT2D eigenvalue weighted by molar-refractivity contribution is -0.137. The molecule has 1 heterocycles. The number of anilines is 2. The normalized spacial score (nSPS) is 17.1. The average molecular weight is 370 g/mol. The summed E-state index contributed by atoms with van der Waals surface area (Å²) >= 11 is 0. The fourth-order valence-electron chi connectivity index (χ4n) is 2.54. The molecule has 1 aliphatic rings. The summed E-state index contributed by atoms with van der Waals surface area (Å²) in [6.07, 6.45) is -4.57. The number of carbonyl (C=O) groups is 1.